The molecule has 1 atom stereocenters. The lowest BCUT2D eigenvalue weighted by atomic mass is 9.76. The molecule has 1 saturated carbocycles. The molecule has 3 aromatic rings. The summed E-state index contributed by atoms with van der Waals surface area (Å²) in [5, 5.41) is 13.7. The number of carbonyl (C=O) groups excluding carboxylic acids is 1. The van der Waals surface area contributed by atoms with Crippen LogP contribution in [0.4, 0.5) is 0 Å². The van der Waals surface area contributed by atoms with Crippen LogP contribution in [0.1, 0.15) is 45.1 Å². The highest BCUT2D eigenvalue weighted by atomic mass is 16.5. The first kappa shape index (κ1) is 24.8. The van der Waals surface area contributed by atoms with E-state index in [0.29, 0.717) is 18.4 Å². The van der Waals surface area contributed by atoms with Crippen molar-refractivity contribution in [3.05, 3.63) is 66.4 Å². The van der Waals surface area contributed by atoms with Crippen molar-refractivity contribution in [3.8, 4) is 5.75 Å². The number of hydrogen-bond acceptors (Lipinski definition) is 3. The van der Waals surface area contributed by atoms with Crippen LogP contribution in [-0.4, -0.2) is 34.2 Å². The zero-order valence-electron chi connectivity index (χ0n) is 20.7. The molecule has 0 radical (unpaired) electrons. The van der Waals surface area contributed by atoms with E-state index in [1.54, 1.807) is 0 Å². The highest BCUT2D eigenvalue weighted by Crippen LogP contribution is 2.33. The molecule has 1 heterocycles. The summed E-state index contributed by atoms with van der Waals surface area (Å²) in [6.07, 6.45) is 6.06. The minimum absolute atomic E-state index is 0.0833. The second-order valence-corrected chi connectivity index (χ2v) is 10.0. The average Bonchev–Trinajstić information content (AvgIpc) is 3.27. The predicted molar refractivity (Wildman–Crippen MR) is 137 cm³/mol. The highest BCUT2D eigenvalue weighted by Gasteiger charge is 2.30. The maximum absolute atomic E-state index is 12.7. The summed E-state index contributed by atoms with van der Waals surface area (Å²) in [6, 6.07) is 16.9. The number of nitrogens with one attached hydrogen (secondary N) is 1. The van der Waals surface area contributed by atoms with Gasteiger partial charge in [-0.05, 0) is 72.7 Å². The van der Waals surface area contributed by atoms with Crippen LogP contribution in [0.5, 0.6) is 5.75 Å². The van der Waals surface area contributed by atoms with E-state index in [0.717, 1.165) is 43.5 Å². The molecule has 6 heteroatoms. The number of benzene rings is 2. The number of carboxylic acid groups (broad SMARTS) is 1. The van der Waals surface area contributed by atoms with Gasteiger partial charge in [0.25, 0.3) is 0 Å². The lowest BCUT2D eigenvalue weighted by molar-refractivity contribution is -0.142. The molecule has 0 unspecified atom stereocenters. The lowest BCUT2D eigenvalue weighted by Crippen LogP contribution is -2.45. The van der Waals surface area contributed by atoms with Gasteiger partial charge in [-0.25, -0.2) is 4.79 Å². The summed E-state index contributed by atoms with van der Waals surface area (Å²) in [4.78, 5) is 24.6. The van der Waals surface area contributed by atoms with E-state index in [2.05, 4.69) is 48.1 Å². The molecule has 2 aromatic carbocycles. The summed E-state index contributed by atoms with van der Waals surface area (Å²) in [7, 11) is 0. The third-order valence-electron chi connectivity index (χ3n) is 7.34. The topological polar surface area (TPSA) is 80.6 Å². The Morgan fingerprint density at radius 2 is 1.74 bits per heavy atom. The number of rotatable bonds is 10. The zero-order valence-corrected chi connectivity index (χ0v) is 20.7. The number of carboxylic acids is 1. The van der Waals surface area contributed by atoms with E-state index in [1.165, 1.54) is 10.9 Å². The minimum atomic E-state index is -1.01. The van der Waals surface area contributed by atoms with Gasteiger partial charge < -0.3 is 19.7 Å². The van der Waals surface area contributed by atoms with E-state index in [1.807, 2.05) is 36.4 Å². The molecule has 4 rings (SSSR count). The van der Waals surface area contributed by atoms with Crippen LogP contribution in [0.25, 0.3) is 10.9 Å². The molecule has 1 amide bonds. The van der Waals surface area contributed by atoms with E-state index < -0.39 is 12.0 Å². The lowest BCUT2D eigenvalue weighted by Gasteiger charge is -2.30. The molecule has 1 aromatic heterocycles. The Morgan fingerprint density at radius 3 is 2.43 bits per heavy atom. The van der Waals surface area contributed by atoms with Crippen LogP contribution in [0.2, 0.25) is 0 Å². The first-order valence-electron chi connectivity index (χ1n) is 12.7. The molecule has 0 bridgehead atoms. The molecule has 1 aliphatic carbocycles. The van der Waals surface area contributed by atoms with Gasteiger partial charge >= 0.3 is 5.97 Å². The second kappa shape index (κ2) is 11.4. The number of amides is 1. The van der Waals surface area contributed by atoms with Gasteiger partial charge in [0.1, 0.15) is 18.4 Å². The van der Waals surface area contributed by atoms with Crippen molar-refractivity contribution in [3.63, 3.8) is 0 Å². The molecule has 0 saturated heterocycles. The van der Waals surface area contributed by atoms with Gasteiger partial charge in [-0.2, -0.15) is 0 Å². The summed E-state index contributed by atoms with van der Waals surface area (Å²) in [5.41, 5.74) is 2.03. The first-order valence-corrected chi connectivity index (χ1v) is 12.7. The van der Waals surface area contributed by atoms with E-state index in [-0.39, 0.29) is 18.2 Å². The van der Waals surface area contributed by atoms with Crippen molar-refractivity contribution in [1.82, 2.24) is 9.88 Å². The number of aliphatic carboxylic acids is 1. The zero-order chi connectivity index (χ0) is 24.8. The number of para-hydroxylation sites is 1. The SMILES string of the molecule is CC(C)C1CCC(C(=O)N[C@H](Cc2ccc(OCCn3ccc4ccccc43)cc2)C(=O)O)CC1. The third-order valence-corrected chi connectivity index (χ3v) is 7.34. The molecule has 35 heavy (non-hydrogen) atoms. The number of hydrogen-bond donors (Lipinski definition) is 2. The maximum Gasteiger partial charge on any atom is 0.326 e. The standard InChI is InChI=1S/C29H36N2O4/c1-20(2)22-9-11-24(12-10-22)28(32)30-26(29(33)34)19-21-7-13-25(14-8-21)35-18-17-31-16-15-23-5-3-4-6-27(23)31/h3-8,13-16,20,22,24,26H,9-12,17-19H2,1-2H3,(H,30,32)(H,33,34)/t22?,24?,26-/m1/s1. The van der Waals surface area contributed by atoms with Gasteiger partial charge in [0.2, 0.25) is 5.91 Å². The number of carbonyl (C=O) groups is 2. The van der Waals surface area contributed by atoms with E-state index >= 15 is 0 Å². The van der Waals surface area contributed by atoms with Crippen LogP contribution < -0.4 is 10.1 Å². The van der Waals surface area contributed by atoms with Crippen molar-refractivity contribution in [1.29, 1.82) is 0 Å². The van der Waals surface area contributed by atoms with Gasteiger partial charge in [-0.15, -0.1) is 0 Å². The van der Waals surface area contributed by atoms with Gasteiger partial charge in [0.15, 0.2) is 0 Å². The summed E-state index contributed by atoms with van der Waals surface area (Å²) in [5.74, 6) is 0.817. The van der Waals surface area contributed by atoms with Crippen LogP contribution >= 0.6 is 0 Å². The van der Waals surface area contributed by atoms with Crippen LogP contribution in [0, 0.1) is 17.8 Å². The number of fused-ring (bicyclic) bond motifs is 1. The number of ether oxygens (including phenoxy) is 1. The number of nitrogens with zero attached hydrogens (tertiary/aromatic N) is 1. The Labute approximate surface area is 207 Å². The van der Waals surface area contributed by atoms with Crippen molar-refractivity contribution in [2.24, 2.45) is 17.8 Å². The summed E-state index contributed by atoms with van der Waals surface area (Å²) < 4.78 is 8.06. The Morgan fingerprint density at radius 1 is 1.03 bits per heavy atom. The third kappa shape index (κ3) is 6.44. The molecule has 2 N–H and O–H groups in total. The molecule has 186 valence electrons. The summed E-state index contributed by atoms with van der Waals surface area (Å²) >= 11 is 0. The Hall–Kier alpha value is -3.28. The average molecular weight is 477 g/mol. The molecule has 6 nitrogen and oxygen atoms in total. The van der Waals surface area contributed by atoms with Crippen LogP contribution in [0.3, 0.4) is 0 Å². The van der Waals surface area contributed by atoms with Gasteiger partial charge in [0.05, 0.1) is 6.54 Å². The minimum Gasteiger partial charge on any atom is -0.492 e. The van der Waals surface area contributed by atoms with Crippen LogP contribution in [-0.2, 0) is 22.6 Å². The molecular weight excluding hydrogens is 440 g/mol. The molecule has 1 aliphatic rings. The largest absolute Gasteiger partial charge is 0.492 e. The smallest absolute Gasteiger partial charge is 0.326 e. The fourth-order valence-electron chi connectivity index (χ4n) is 5.09. The van der Waals surface area contributed by atoms with Crippen LogP contribution in [0.15, 0.2) is 60.8 Å². The van der Waals surface area contributed by atoms with Crippen molar-refractivity contribution >= 4 is 22.8 Å². The molecule has 0 spiro atoms. The Bertz CT molecular complexity index is 1130. The number of aromatic nitrogens is 1. The van der Waals surface area contributed by atoms with Gasteiger partial charge in [-0.1, -0.05) is 44.2 Å². The first-order chi connectivity index (χ1) is 16.9. The second-order valence-electron chi connectivity index (χ2n) is 10.0. The fourth-order valence-corrected chi connectivity index (χ4v) is 5.09. The Balaban J connectivity index is 1.26. The van der Waals surface area contributed by atoms with E-state index in [4.69, 9.17) is 4.74 Å². The van der Waals surface area contributed by atoms with Crippen molar-refractivity contribution < 1.29 is 19.4 Å². The highest BCUT2D eigenvalue weighted by molar-refractivity contribution is 5.85. The van der Waals surface area contributed by atoms with Gasteiger partial charge in [-0.3, -0.25) is 4.79 Å². The molecule has 0 aliphatic heterocycles. The van der Waals surface area contributed by atoms with Crippen molar-refractivity contribution in [2.45, 2.75) is 58.5 Å². The van der Waals surface area contributed by atoms with E-state index in [9.17, 15) is 14.7 Å². The fraction of sp³-hybridized carbons (Fsp3) is 0.448. The quantitative estimate of drug-likeness (QED) is 0.416. The van der Waals surface area contributed by atoms with Gasteiger partial charge in [0, 0.05) is 24.1 Å². The summed E-state index contributed by atoms with van der Waals surface area (Å²) in [6.45, 7) is 5.73. The normalized spacial score (nSPS) is 18.9. The molecular formula is C29H36N2O4. The maximum atomic E-state index is 12.7. The monoisotopic (exact) mass is 476 g/mol. The Kier molecular flexibility index (Phi) is 8.11. The molecule has 1 fully saturated rings. The predicted octanol–water partition coefficient (Wildman–Crippen LogP) is 5.29. The van der Waals surface area contributed by atoms with Crippen molar-refractivity contribution in [2.75, 3.05) is 6.61 Å².